The molecule has 0 saturated heterocycles. The van der Waals surface area contributed by atoms with Crippen LogP contribution in [0.5, 0.6) is 11.5 Å². The molecule has 0 unspecified atom stereocenters. The molecule has 1 aromatic rings. The van der Waals surface area contributed by atoms with Gasteiger partial charge < -0.3 is 14.8 Å². The first-order valence-corrected chi connectivity index (χ1v) is 8.58. The van der Waals surface area contributed by atoms with Crippen LogP contribution in [-0.4, -0.2) is 14.2 Å². The van der Waals surface area contributed by atoms with Gasteiger partial charge in [-0.15, -0.1) is 0 Å². The molecule has 0 amide bonds. The lowest BCUT2D eigenvalue weighted by Crippen LogP contribution is -2.23. The number of allylic oxidation sites excluding steroid dienone is 4. The normalized spacial score (nSPS) is 14.8. The number of nitrogens with zero attached hydrogens (tertiary/aromatic N) is 2. The quantitative estimate of drug-likeness (QED) is 0.729. The van der Waals surface area contributed by atoms with Gasteiger partial charge in [0.1, 0.15) is 10.2 Å². The molecule has 0 aromatic heterocycles. The summed E-state index contributed by atoms with van der Waals surface area (Å²) in [7, 11) is 3.10. The van der Waals surface area contributed by atoms with E-state index in [1.165, 1.54) is 0 Å². The lowest BCUT2D eigenvalue weighted by Gasteiger charge is -2.28. The van der Waals surface area contributed by atoms with Gasteiger partial charge in [0.15, 0.2) is 5.75 Å². The van der Waals surface area contributed by atoms with Crippen molar-refractivity contribution in [2.75, 3.05) is 14.2 Å². The van der Waals surface area contributed by atoms with E-state index >= 15 is 0 Å². The number of hydrogen-bond acceptors (Lipinski definition) is 5. The second-order valence-electron chi connectivity index (χ2n) is 5.19. The lowest BCUT2D eigenvalue weighted by atomic mass is 9.81. The van der Waals surface area contributed by atoms with Crippen molar-refractivity contribution < 1.29 is 9.47 Å². The van der Waals surface area contributed by atoms with Gasteiger partial charge in [0.05, 0.1) is 47.9 Å². The average Bonchev–Trinajstić information content (AvgIpc) is 2.54. The molecular weight excluding hydrogens is 438 g/mol. The van der Waals surface area contributed by atoms with Crippen LogP contribution in [-0.2, 0) is 0 Å². The molecule has 5 nitrogen and oxygen atoms in total. The molecule has 1 aliphatic rings. The molecule has 124 valence electrons. The fourth-order valence-corrected chi connectivity index (χ4v) is 4.45. The number of halogens is 2. The van der Waals surface area contributed by atoms with Crippen molar-refractivity contribution in [2.45, 2.75) is 19.8 Å². The number of benzene rings is 1. The van der Waals surface area contributed by atoms with Crippen molar-refractivity contribution in [3.8, 4) is 23.6 Å². The summed E-state index contributed by atoms with van der Waals surface area (Å²) < 4.78 is 12.2. The van der Waals surface area contributed by atoms with Crippen molar-refractivity contribution >= 4 is 31.9 Å². The van der Waals surface area contributed by atoms with Gasteiger partial charge in [-0.3, -0.25) is 0 Å². The minimum Gasteiger partial charge on any atom is -0.495 e. The Hall–Kier alpha value is -1.96. The van der Waals surface area contributed by atoms with Crippen LogP contribution >= 0.6 is 31.9 Å². The van der Waals surface area contributed by atoms with Gasteiger partial charge in [-0.25, -0.2) is 0 Å². The molecule has 1 aliphatic heterocycles. The summed E-state index contributed by atoms with van der Waals surface area (Å²) in [5.74, 6) is 0.612. The molecule has 1 aromatic carbocycles. The minimum atomic E-state index is -0.505. The molecule has 2 rings (SSSR count). The van der Waals surface area contributed by atoms with Crippen molar-refractivity contribution in [1.82, 2.24) is 5.32 Å². The smallest absolute Gasteiger partial charge is 0.150 e. The summed E-state index contributed by atoms with van der Waals surface area (Å²) in [6.07, 6.45) is 0. The van der Waals surface area contributed by atoms with E-state index in [1.807, 2.05) is 19.9 Å². The zero-order valence-corrected chi connectivity index (χ0v) is 16.8. The van der Waals surface area contributed by atoms with Gasteiger partial charge in [0.2, 0.25) is 0 Å². The number of hydrogen-bond donors (Lipinski definition) is 1. The van der Waals surface area contributed by atoms with Crippen LogP contribution in [0.1, 0.15) is 25.3 Å². The lowest BCUT2D eigenvalue weighted by molar-refractivity contribution is 0.384. The summed E-state index contributed by atoms with van der Waals surface area (Å²) in [5, 5.41) is 22.3. The highest BCUT2D eigenvalue weighted by Gasteiger charge is 2.33. The first-order valence-electron chi connectivity index (χ1n) is 6.99. The molecule has 0 spiro atoms. The largest absolute Gasteiger partial charge is 0.495 e. The SMILES string of the molecule is COc1c(Br)cc(C2C(C#N)=C(C)NC(C)=C2C#N)c(OC)c1Br. The molecule has 24 heavy (non-hydrogen) atoms. The number of rotatable bonds is 3. The molecule has 0 radical (unpaired) electrons. The molecule has 1 heterocycles. The fraction of sp³-hybridized carbons (Fsp3) is 0.294. The minimum absolute atomic E-state index is 0.486. The van der Waals surface area contributed by atoms with Gasteiger partial charge in [-0.05, 0) is 51.8 Å². The molecule has 7 heteroatoms. The third-order valence-electron chi connectivity index (χ3n) is 3.88. The maximum absolute atomic E-state index is 9.63. The molecule has 0 bridgehead atoms. The molecule has 1 N–H and O–H groups in total. The van der Waals surface area contributed by atoms with Crippen LogP contribution in [0.3, 0.4) is 0 Å². The van der Waals surface area contributed by atoms with Crippen molar-refractivity contribution in [2.24, 2.45) is 0 Å². The second-order valence-corrected chi connectivity index (χ2v) is 6.83. The predicted octanol–water partition coefficient (Wildman–Crippen LogP) is 4.51. The number of nitriles is 2. The number of methoxy groups -OCH3 is 2. The van der Waals surface area contributed by atoms with Gasteiger partial charge >= 0.3 is 0 Å². The first kappa shape index (κ1) is 18.4. The van der Waals surface area contributed by atoms with Crippen LogP contribution in [0.25, 0.3) is 0 Å². The third kappa shape index (κ3) is 2.90. The van der Waals surface area contributed by atoms with Crippen molar-refractivity contribution in [3.63, 3.8) is 0 Å². The highest BCUT2D eigenvalue weighted by atomic mass is 79.9. The zero-order valence-electron chi connectivity index (χ0n) is 13.6. The van der Waals surface area contributed by atoms with Crippen molar-refractivity contribution in [3.05, 3.63) is 43.1 Å². The van der Waals surface area contributed by atoms with E-state index in [0.717, 1.165) is 11.4 Å². The van der Waals surface area contributed by atoms with E-state index in [9.17, 15) is 10.5 Å². The van der Waals surface area contributed by atoms with Gasteiger partial charge in [-0.1, -0.05) is 0 Å². The van der Waals surface area contributed by atoms with Gasteiger partial charge in [0, 0.05) is 17.0 Å². The summed E-state index contributed by atoms with van der Waals surface area (Å²) in [6.45, 7) is 3.65. The Morgan fingerprint density at radius 3 is 1.92 bits per heavy atom. The van der Waals surface area contributed by atoms with Crippen LogP contribution in [0.2, 0.25) is 0 Å². The van der Waals surface area contributed by atoms with E-state index in [4.69, 9.17) is 9.47 Å². The number of ether oxygens (including phenoxy) is 2. The Balaban J connectivity index is 2.84. The summed E-state index contributed by atoms with van der Waals surface area (Å²) in [4.78, 5) is 0. The summed E-state index contributed by atoms with van der Waals surface area (Å²) in [5.41, 5.74) is 3.14. The molecule has 0 saturated carbocycles. The second kappa shape index (κ2) is 7.29. The number of nitrogens with one attached hydrogen (secondary N) is 1. The molecule has 0 fully saturated rings. The standard InChI is InChI=1S/C17H15Br2N3O2/c1-8-11(6-20)14(12(7-21)9(2)22-8)10-5-13(18)17(24-4)15(19)16(10)23-3/h5,14,22H,1-4H3. The average molecular weight is 453 g/mol. The summed E-state index contributed by atoms with van der Waals surface area (Å²) >= 11 is 6.97. The van der Waals surface area contributed by atoms with Crippen LogP contribution in [0.15, 0.2) is 37.6 Å². The molecule has 0 aliphatic carbocycles. The third-order valence-corrected chi connectivity index (χ3v) is 5.19. The molecular formula is C17H15Br2N3O2. The van der Waals surface area contributed by atoms with E-state index in [-0.39, 0.29) is 0 Å². The van der Waals surface area contributed by atoms with E-state index in [1.54, 1.807) is 14.2 Å². The maximum Gasteiger partial charge on any atom is 0.150 e. The zero-order chi connectivity index (χ0) is 18.0. The monoisotopic (exact) mass is 451 g/mol. The van der Waals surface area contributed by atoms with Crippen LogP contribution in [0, 0.1) is 22.7 Å². The van der Waals surface area contributed by atoms with E-state index < -0.39 is 5.92 Å². The Kier molecular flexibility index (Phi) is 5.58. The van der Waals surface area contributed by atoms with Gasteiger partial charge in [-0.2, -0.15) is 10.5 Å². The van der Waals surface area contributed by atoms with E-state index in [2.05, 4.69) is 49.3 Å². The molecule has 0 atom stereocenters. The highest BCUT2D eigenvalue weighted by Crippen LogP contribution is 2.49. The Bertz CT molecular complexity index is 809. The van der Waals surface area contributed by atoms with Crippen LogP contribution in [0.4, 0.5) is 0 Å². The van der Waals surface area contributed by atoms with Crippen molar-refractivity contribution in [1.29, 1.82) is 10.5 Å². The van der Waals surface area contributed by atoms with Crippen LogP contribution < -0.4 is 14.8 Å². The maximum atomic E-state index is 9.63. The highest BCUT2D eigenvalue weighted by molar-refractivity contribution is 9.11. The predicted molar refractivity (Wildman–Crippen MR) is 97.4 cm³/mol. The summed E-state index contributed by atoms with van der Waals surface area (Å²) in [6, 6.07) is 6.27. The Labute approximate surface area is 157 Å². The van der Waals surface area contributed by atoms with Gasteiger partial charge in [0.25, 0.3) is 0 Å². The Morgan fingerprint density at radius 2 is 1.50 bits per heavy atom. The van der Waals surface area contributed by atoms with E-state index in [0.29, 0.717) is 37.2 Å². The topological polar surface area (TPSA) is 78.1 Å². The first-order chi connectivity index (χ1) is 11.4. The number of dihydropyridines is 1. The Morgan fingerprint density at radius 1 is 1.00 bits per heavy atom. The fourth-order valence-electron chi connectivity index (χ4n) is 2.81.